The molecule has 1 amide bonds. The third-order valence-electron chi connectivity index (χ3n) is 2.99. The van der Waals surface area contributed by atoms with Crippen molar-refractivity contribution in [1.29, 1.82) is 0 Å². The second-order valence-electron chi connectivity index (χ2n) is 4.41. The van der Waals surface area contributed by atoms with E-state index >= 15 is 0 Å². The molecule has 0 aliphatic heterocycles. The van der Waals surface area contributed by atoms with Gasteiger partial charge in [-0.15, -0.1) is 11.8 Å². The van der Waals surface area contributed by atoms with Crippen molar-refractivity contribution >= 4 is 29.0 Å². The molecule has 0 aliphatic carbocycles. The fraction of sp³-hybridized carbons (Fsp3) is 0.133. The highest BCUT2D eigenvalue weighted by atomic mass is 32.2. The number of nitrogens with one attached hydrogen (secondary N) is 1. The van der Waals surface area contributed by atoms with Crippen molar-refractivity contribution < 1.29 is 9.72 Å². The number of nitro groups is 1. The van der Waals surface area contributed by atoms with E-state index in [0.29, 0.717) is 11.3 Å². The van der Waals surface area contributed by atoms with E-state index in [4.69, 9.17) is 0 Å². The van der Waals surface area contributed by atoms with Crippen molar-refractivity contribution in [3.63, 3.8) is 0 Å². The summed E-state index contributed by atoms with van der Waals surface area (Å²) in [4.78, 5) is 23.9. The maximum absolute atomic E-state index is 12.3. The molecule has 2 aromatic rings. The molecule has 1 N–H and O–H groups in total. The second kappa shape index (κ2) is 6.41. The molecule has 0 aliphatic rings. The predicted octanol–water partition coefficient (Wildman–Crippen LogP) is 3.88. The third-order valence-corrected chi connectivity index (χ3v) is 3.72. The first-order chi connectivity index (χ1) is 10.0. The Kier molecular flexibility index (Phi) is 4.59. The SMILES string of the molecule is CSc1cccc(NC(=O)c2cccc(C)c2[N+](=O)[O-])c1. The summed E-state index contributed by atoms with van der Waals surface area (Å²) in [7, 11) is 0. The Morgan fingerprint density at radius 3 is 2.62 bits per heavy atom. The molecule has 108 valence electrons. The number of nitrogens with zero attached hydrogens (tertiary/aromatic N) is 1. The third kappa shape index (κ3) is 3.41. The van der Waals surface area contributed by atoms with Crippen LogP contribution in [0.25, 0.3) is 0 Å². The number of nitro benzene ring substituents is 1. The van der Waals surface area contributed by atoms with Crippen LogP contribution in [0.3, 0.4) is 0 Å². The van der Waals surface area contributed by atoms with Gasteiger partial charge in [0.2, 0.25) is 0 Å². The van der Waals surface area contributed by atoms with E-state index in [2.05, 4.69) is 5.32 Å². The van der Waals surface area contributed by atoms with Gasteiger partial charge in [-0.05, 0) is 37.4 Å². The normalized spacial score (nSPS) is 10.2. The number of aryl methyl sites for hydroxylation is 1. The van der Waals surface area contributed by atoms with Gasteiger partial charge >= 0.3 is 0 Å². The van der Waals surface area contributed by atoms with E-state index in [1.165, 1.54) is 6.07 Å². The average Bonchev–Trinajstić information content (AvgIpc) is 2.46. The van der Waals surface area contributed by atoms with Crippen LogP contribution in [0.5, 0.6) is 0 Å². The zero-order valence-electron chi connectivity index (χ0n) is 11.6. The highest BCUT2D eigenvalue weighted by Gasteiger charge is 2.22. The van der Waals surface area contributed by atoms with Gasteiger partial charge in [0.1, 0.15) is 5.56 Å². The number of hydrogen-bond acceptors (Lipinski definition) is 4. The fourth-order valence-corrected chi connectivity index (χ4v) is 2.44. The quantitative estimate of drug-likeness (QED) is 0.528. The van der Waals surface area contributed by atoms with E-state index in [1.54, 1.807) is 36.9 Å². The monoisotopic (exact) mass is 302 g/mol. The van der Waals surface area contributed by atoms with Crippen molar-refractivity contribution in [3.8, 4) is 0 Å². The number of thioether (sulfide) groups is 1. The van der Waals surface area contributed by atoms with Crippen molar-refractivity contribution in [1.82, 2.24) is 0 Å². The zero-order chi connectivity index (χ0) is 15.4. The lowest BCUT2D eigenvalue weighted by atomic mass is 10.1. The number of carbonyl (C=O) groups excluding carboxylic acids is 1. The number of carbonyl (C=O) groups is 1. The lowest BCUT2D eigenvalue weighted by molar-refractivity contribution is -0.385. The van der Waals surface area contributed by atoms with Crippen molar-refractivity contribution in [2.75, 3.05) is 11.6 Å². The largest absolute Gasteiger partial charge is 0.322 e. The summed E-state index contributed by atoms with van der Waals surface area (Å²) in [6, 6.07) is 12.0. The van der Waals surface area contributed by atoms with Crippen molar-refractivity contribution in [2.45, 2.75) is 11.8 Å². The van der Waals surface area contributed by atoms with Gasteiger partial charge < -0.3 is 5.32 Å². The van der Waals surface area contributed by atoms with Gasteiger partial charge in [-0.3, -0.25) is 14.9 Å². The van der Waals surface area contributed by atoms with Crippen LogP contribution in [0, 0.1) is 17.0 Å². The van der Waals surface area contributed by atoms with Crippen LogP contribution < -0.4 is 5.32 Å². The minimum Gasteiger partial charge on any atom is -0.322 e. The smallest absolute Gasteiger partial charge is 0.285 e. The highest BCUT2D eigenvalue weighted by Crippen LogP contribution is 2.25. The van der Waals surface area contributed by atoms with E-state index in [-0.39, 0.29) is 11.3 Å². The summed E-state index contributed by atoms with van der Waals surface area (Å²) in [5, 5.41) is 13.8. The number of anilines is 1. The molecule has 0 unspecified atom stereocenters. The van der Waals surface area contributed by atoms with Gasteiger partial charge in [-0.2, -0.15) is 0 Å². The van der Waals surface area contributed by atoms with Gasteiger partial charge in [-0.1, -0.05) is 18.2 Å². The summed E-state index contributed by atoms with van der Waals surface area (Å²) in [5.74, 6) is -0.483. The van der Waals surface area contributed by atoms with Gasteiger partial charge in [0.25, 0.3) is 11.6 Å². The first kappa shape index (κ1) is 15.1. The van der Waals surface area contributed by atoms with E-state index in [9.17, 15) is 14.9 Å². The summed E-state index contributed by atoms with van der Waals surface area (Å²) in [5.41, 5.74) is 0.985. The Morgan fingerprint density at radius 2 is 1.95 bits per heavy atom. The van der Waals surface area contributed by atoms with E-state index in [1.807, 2.05) is 24.5 Å². The molecule has 5 nitrogen and oxygen atoms in total. The van der Waals surface area contributed by atoms with Crippen molar-refractivity contribution in [3.05, 3.63) is 63.7 Å². The molecular formula is C15H14N2O3S. The van der Waals surface area contributed by atoms with Crippen LogP contribution in [0.1, 0.15) is 15.9 Å². The predicted molar refractivity (Wildman–Crippen MR) is 84.0 cm³/mol. The van der Waals surface area contributed by atoms with Crippen LogP contribution in [-0.2, 0) is 0 Å². The van der Waals surface area contributed by atoms with E-state index < -0.39 is 10.8 Å². The molecule has 2 rings (SSSR count). The second-order valence-corrected chi connectivity index (χ2v) is 5.29. The zero-order valence-corrected chi connectivity index (χ0v) is 12.4. The highest BCUT2D eigenvalue weighted by molar-refractivity contribution is 7.98. The van der Waals surface area contributed by atoms with Gasteiger partial charge in [0, 0.05) is 16.1 Å². The number of amides is 1. The standard InChI is InChI=1S/C15H14N2O3S/c1-10-5-3-8-13(14(10)17(19)20)15(18)16-11-6-4-7-12(9-11)21-2/h3-9H,1-2H3,(H,16,18). The van der Waals surface area contributed by atoms with Crippen LogP contribution in [0.15, 0.2) is 47.4 Å². The summed E-state index contributed by atoms with van der Waals surface area (Å²) in [6.45, 7) is 1.61. The molecule has 0 atom stereocenters. The molecule has 6 heteroatoms. The molecule has 0 saturated heterocycles. The molecule has 0 bridgehead atoms. The summed E-state index contributed by atoms with van der Waals surface area (Å²) < 4.78 is 0. The lowest BCUT2D eigenvalue weighted by Crippen LogP contribution is -2.14. The summed E-state index contributed by atoms with van der Waals surface area (Å²) in [6.07, 6.45) is 1.94. The Bertz CT molecular complexity index is 701. The lowest BCUT2D eigenvalue weighted by Gasteiger charge is -2.08. The molecule has 21 heavy (non-hydrogen) atoms. The minimum absolute atomic E-state index is 0.0644. The molecule has 0 spiro atoms. The maximum Gasteiger partial charge on any atom is 0.285 e. The minimum atomic E-state index is -0.525. The molecule has 2 aromatic carbocycles. The molecule has 0 saturated carbocycles. The van der Waals surface area contributed by atoms with Gasteiger partial charge in [-0.25, -0.2) is 0 Å². The number of hydrogen-bond donors (Lipinski definition) is 1. The average molecular weight is 302 g/mol. The molecule has 0 aromatic heterocycles. The van der Waals surface area contributed by atoms with Gasteiger partial charge in [0.15, 0.2) is 0 Å². The van der Waals surface area contributed by atoms with Crippen molar-refractivity contribution in [2.24, 2.45) is 0 Å². The summed E-state index contributed by atoms with van der Waals surface area (Å²) >= 11 is 1.56. The molecule has 0 radical (unpaired) electrons. The number of para-hydroxylation sites is 1. The van der Waals surface area contributed by atoms with Crippen LogP contribution in [0.4, 0.5) is 11.4 Å². The van der Waals surface area contributed by atoms with Crippen LogP contribution in [0.2, 0.25) is 0 Å². The Hall–Kier alpha value is -2.34. The van der Waals surface area contributed by atoms with E-state index in [0.717, 1.165) is 4.90 Å². The Morgan fingerprint density at radius 1 is 1.24 bits per heavy atom. The maximum atomic E-state index is 12.3. The van der Waals surface area contributed by atoms with Gasteiger partial charge in [0.05, 0.1) is 4.92 Å². The number of benzene rings is 2. The topological polar surface area (TPSA) is 72.2 Å². The first-order valence-corrected chi connectivity index (χ1v) is 7.45. The molecule has 0 heterocycles. The number of rotatable bonds is 4. The Balaban J connectivity index is 2.32. The molecular weight excluding hydrogens is 288 g/mol. The molecule has 0 fully saturated rings. The van der Waals surface area contributed by atoms with Crippen LogP contribution in [-0.4, -0.2) is 17.1 Å². The first-order valence-electron chi connectivity index (χ1n) is 6.22. The van der Waals surface area contributed by atoms with Crippen LogP contribution >= 0.6 is 11.8 Å². The fourth-order valence-electron chi connectivity index (χ4n) is 1.98. The Labute approximate surface area is 126 Å².